The molecule has 1 amide bonds. The van der Waals surface area contributed by atoms with Crippen molar-refractivity contribution in [2.24, 2.45) is 0 Å². The summed E-state index contributed by atoms with van der Waals surface area (Å²) in [7, 11) is 0. The number of thiophene rings is 1. The van der Waals surface area contributed by atoms with Crippen molar-refractivity contribution in [1.82, 2.24) is 0 Å². The van der Waals surface area contributed by atoms with Crippen LogP contribution >= 0.6 is 22.9 Å². The molecule has 5 rings (SSSR count). The van der Waals surface area contributed by atoms with Crippen LogP contribution in [0.2, 0.25) is 0 Å². The third-order valence-corrected chi connectivity index (χ3v) is 9.06. The maximum absolute atomic E-state index is 13.8. The number of rotatable bonds is 9. The Balaban J connectivity index is 1.62. The highest BCUT2D eigenvalue weighted by Gasteiger charge is 2.53. The first-order valence-corrected chi connectivity index (χ1v) is 16.2. The van der Waals surface area contributed by atoms with Crippen molar-refractivity contribution in [3.05, 3.63) is 57.8 Å². The quantitative estimate of drug-likeness (QED) is 0.176. The Bertz CT molecular complexity index is 1710. The molecule has 1 fully saturated rings. The fraction of sp³-hybridized carbons (Fsp3) is 0.424. The monoisotopic (exact) mass is 687 g/mol. The topological polar surface area (TPSA) is 144 Å². The third-order valence-electron chi connectivity index (χ3n) is 7.70. The molecule has 3 aromatic rings. The third kappa shape index (κ3) is 7.37. The van der Waals surface area contributed by atoms with Crippen LogP contribution in [0.4, 0.5) is 5.69 Å². The van der Waals surface area contributed by atoms with Gasteiger partial charge >= 0.3 is 23.9 Å². The molecular weight excluding hydrogens is 654 g/mol. The number of benzene rings is 2. The molecule has 2 aromatic carbocycles. The van der Waals surface area contributed by atoms with Crippen molar-refractivity contribution in [3.8, 4) is 5.75 Å². The molecule has 6 atom stereocenters. The van der Waals surface area contributed by atoms with Gasteiger partial charge in [-0.1, -0.05) is 24.3 Å². The Morgan fingerprint density at radius 3 is 2.11 bits per heavy atom. The van der Waals surface area contributed by atoms with Crippen LogP contribution in [0.25, 0.3) is 10.8 Å². The van der Waals surface area contributed by atoms with Crippen molar-refractivity contribution in [2.75, 3.05) is 23.9 Å². The molecule has 47 heavy (non-hydrogen) atoms. The maximum Gasteiger partial charge on any atom is 0.303 e. The highest BCUT2D eigenvalue weighted by Crippen LogP contribution is 2.47. The zero-order chi connectivity index (χ0) is 34.0. The number of amides is 1. The molecule has 12 nitrogen and oxygen atoms in total. The van der Waals surface area contributed by atoms with Crippen molar-refractivity contribution >= 4 is 69.2 Å². The van der Waals surface area contributed by atoms with Gasteiger partial charge in [-0.15, -0.1) is 22.9 Å². The molecule has 1 aromatic heterocycles. The SMILES string of the molecule is CC(=O)OCC1OC(Oc2cc3c(c4ccccc24)C(CCl)CN3C(=O)c2ccc(C)s2)C(OC(C)=O)C(OC(C)=O)C1OC(C)=O. The van der Waals surface area contributed by atoms with E-state index in [1.807, 2.05) is 37.3 Å². The Labute approximate surface area is 279 Å². The number of halogens is 1. The van der Waals surface area contributed by atoms with Gasteiger partial charge in [0, 0.05) is 62.4 Å². The second-order valence-corrected chi connectivity index (χ2v) is 12.8. The fourth-order valence-electron chi connectivity index (χ4n) is 5.92. The summed E-state index contributed by atoms with van der Waals surface area (Å²) in [6, 6.07) is 12.8. The smallest absolute Gasteiger partial charge is 0.303 e. The molecule has 0 aliphatic carbocycles. The van der Waals surface area contributed by atoms with E-state index in [4.69, 9.17) is 40.0 Å². The number of ether oxygens (including phenoxy) is 6. The van der Waals surface area contributed by atoms with Gasteiger partial charge in [0.05, 0.1) is 10.6 Å². The molecule has 14 heteroatoms. The minimum Gasteiger partial charge on any atom is -0.463 e. The van der Waals surface area contributed by atoms with Crippen LogP contribution in [0.3, 0.4) is 0 Å². The van der Waals surface area contributed by atoms with E-state index in [1.165, 1.54) is 18.3 Å². The van der Waals surface area contributed by atoms with Crippen molar-refractivity contribution < 1.29 is 52.4 Å². The largest absolute Gasteiger partial charge is 0.463 e. The lowest BCUT2D eigenvalue weighted by molar-refractivity contribution is -0.288. The molecule has 0 spiro atoms. The molecular formula is C33H34ClNO11S. The number of fused-ring (bicyclic) bond motifs is 3. The van der Waals surface area contributed by atoms with Gasteiger partial charge in [0.15, 0.2) is 12.2 Å². The zero-order valence-electron chi connectivity index (χ0n) is 26.4. The summed E-state index contributed by atoms with van der Waals surface area (Å²) in [6.07, 6.45) is -6.80. The highest BCUT2D eigenvalue weighted by atomic mass is 35.5. The molecule has 2 aliphatic heterocycles. The van der Waals surface area contributed by atoms with E-state index < -0.39 is 61.2 Å². The van der Waals surface area contributed by atoms with Crippen LogP contribution in [0.5, 0.6) is 5.75 Å². The van der Waals surface area contributed by atoms with E-state index in [1.54, 1.807) is 17.0 Å². The second kappa shape index (κ2) is 14.3. The van der Waals surface area contributed by atoms with E-state index in [0.717, 1.165) is 36.6 Å². The number of anilines is 1. The Hall–Kier alpha value is -4.20. The molecule has 2 aliphatic rings. The van der Waals surface area contributed by atoms with Crippen LogP contribution in [-0.4, -0.2) is 79.5 Å². The molecule has 0 N–H and O–H groups in total. The number of esters is 4. The predicted molar refractivity (Wildman–Crippen MR) is 171 cm³/mol. The summed E-state index contributed by atoms with van der Waals surface area (Å²) in [6.45, 7) is 6.51. The number of carbonyl (C=O) groups excluding carboxylic acids is 5. The lowest BCUT2D eigenvalue weighted by Crippen LogP contribution is -2.63. The van der Waals surface area contributed by atoms with E-state index >= 15 is 0 Å². The first-order valence-electron chi connectivity index (χ1n) is 14.8. The van der Waals surface area contributed by atoms with Crippen molar-refractivity contribution in [2.45, 2.75) is 71.2 Å². The highest BCUT2D eigenvalue weighted by molar-refractivity contribution is 7.14. The number of carbonyl (C=O) groups is 5. The van der Waals surface area contributed by atoms with Crippen molar-refractivity contribution in [1.29, 1.82) is 0 Å². The molecule has 3 heterocycles. The zero-order valence-corrected chi connectivity index (χ0v) is 27.9. The predicted octanol–water partition coefficient (Wildman–Crippen LogP) is 4.65. The summed E-state index contributed by atoms with van der Waals surface area (Å²) in [4.78, 5) is 65.5. The molecule has 0 radical (unpaired) electrons. The summed E-state index contributed by atoms with van der Waals surface area (Å²) < 4.78 is 34.5. The molecule has 0 saturated carbocycles. The van der Waals surface area contributed by atoms with Gasteiger partial charge in [0.25, 0.3) is 5.91 Å². The van der Waals surface area contributed by atoms with Crippen molar-refractivity contribution in [3.63, 3.8) is 0 Å². The minimum atomic E-state index is -1.45. The van der Waals surface area contributed by atoms with Gasteiger partial charge in [-0.25, -0.2) is 0 Å². The first kappa shape index (κ1) is 34.1. The van der Waals surface area contributed by atoms with Gasteiger partial charge in [-0.05, 0) is 30.0 Å². The van der Waals surface area contributed by atoms with Crippen LogP contribution in [0.1, 0.15) is 53.7 Å². The van der Waals surface area contributed by atoms with Gasteiger partial charge in [-0.3, -0.25) is 24.0 Å². The van der Waals surface area contributed by atoms with Gasteiger partial charge in [0.1, 0.15) is 18.5 Å². The summed E-state index contributed by atoms with van der Waals surface area (Å²) in [5.74, 6) is -2.72. The summed E-state index contributed by atoms with van der Waals surface area (Å²) in [5, 5.41) is 1.43. The molecule has 250 valence electrons. The first-order chi connectivity index (χ1) is 22.4. The molecule has 6 unspecified atom stereocenters. The van der Waals surface area contributed by atoms with E-state index in [9.17, 15) is 24.0 Å². The Morgan fingerprint density at radius 2 is 1.51 bits per heavy atom. The van der Waals surface area contributed by atoms with Gasteiger partial charge < -0.3 is 33.3 Å². The minimum absolute atomic E-state index is 0.165. The van der Waals surface area contributed by atoms with Gasteiger partial charge in [0.2, 0.25) is 12.4 Å². The molecule has 1 saturated heterocycles. The number of nitrogens with zero attached hydrogens (tertiary/aromatic N) is 1. The Morgan fingerprint density at radius 1 is 0.872 bits per heavy atom. The van der Waals surface area contributed by atoms with E-state index in [0.29, 0.717) is 22.5 Å². The van der Waals surface area contributed by atoms with Crippen LogP contribution < -0.4 is 9.64 Å². The summed E-state index contributed by atoms with van der Waals surface area (Å²) >= 11 is 7.83. The van der Waals surface area contributed by atoms with Gasteiger partial charge in [-0.2, -0.15) is 0 Å². The average molecular weight is 688 g/mol. The standard InChI is InChI=1S/C33H34ClNO11S/c1-16-10-11-27(47-16)32(40)35-14-21(13-34)28-23-9-7-6-8-22(23)25(12-24(28)35)45-33-31(44-20(5)39)30(43-19(4)38)29(42-18(3)37)26(46-33)15-41-17(2)36/h6-12,21,26,29-31,33H,13-15H2,1-5H3. The summed E-state index contributed by atoms with van der Waals surface area (Å²) in [5.41, 5.74) is 1.47. The number of hydrogen-bond acceptors (Lipinski definition) is 12. The second-order valence-electron chi connectivity index (χ2n) is 11.2. The maximum atomic E-state index is 13.8. The van der Waals surface area contributed by atoms with E-state index in [2.05, 4.69) is 0 Å². The number of hydrogen-bond donors (Lipinski definition) is 0. The lowest BCUT2D eigenvalue weighted by Gasteiger charge is -2.44. The number of alkyl halides is 1. The lowest BCUT2D eigenvalue weighted by atomic mass is 9.95. The number of aryl methyl sites for hydroxylation is 1. The van der Waals surface area contributed by atoms with E-state index in [-0.39, 0.29) is 23.5 Å². The molecule has 0 bridgehead atoms. The van der Waals surface area contributed by atoms with Crippen LogP contribution in [0.15, 0.2) is 42.5 Å². The fourth-order valence-corrected chi connectivity index (χ4v) is 6.99. The normalized spacial score (nSPS) is 23.5. The van der Waals surface area contributed by atoms with Crippen LogP contribution in [0, 0.1) is 6.92 Å². The van der Waals surface area contributed by atoms with Crippen LogP contribution in [-0.2, 0) is 42.9 Å². The average Bonchev–Trinajstić information content (AvgIpc) is 3.61. The Kier molecular flexibility index (Phi) is 10.4.